The largest absolute Gasteiger partial charge is 0.507 e. The zero-order chi connectivity index (χ0) is 17.3. The molecular formula is C17H12N2O5. The monoisotopic (exact) mass is 324 g/mol. The molecule has 7 heteroatoms. The Labute approximate surface area is 136 Å². The summed E-state index contributed by atoms with van der Waals surface area (Å²) in [6.45, 7) is 0. The minimum atomic E-state index is -0.856. The molecule has 0 saturated carbocycles. The van der Waals surface area contributed by atoms with Crippen molar-refractivity contribution < 1.29 is 19.6 Å². The molecule has 2 N–H and O–H groups in total. The van der Waals surface area contributed by atoms with Crippen molar-refractivity contribution in [2.45, 2.75) is 6.04 Å². The number of hydrogen-bond acceptors (Lipinski definition) is 5. The fourth-order valence-electron chi connectivity index (χ4n) is 2.56. The van der Waals surface area contributed by atoms with E-state index in [0.29, 0.717) is 11.1 Å². The number of amides is 1. The highest BCUT2D eigenvalue weighted by atomic mass is 16.6. The van der Waals surface area contributed by atoms with Crippen molar-refractivity contribution in [3.8, 4) is 0 Å². The average Bonchev–Trinajstić information content (AvgIpc) is 2.90. The summed E-state index contributed by atoms with van der Waals surface area (Å²) in [6, 6.07) is 13.0. The number of nitro benzene ring substituents is 1. The van der Waals surface area contributed by atoms with E-state index in [0.717, 1.165) is 0 Å². The van der Waals surface area contributed by atoms with Crippen molar-refractivity contribution in [2.75, 3.05) is 0 Å². The van der Waals surface area contributed by atoms with Gasteiger partial charge in [-0.15, -0.1) is 0 Å². The first-order chi connectivity index (χ1) is 11.5. The molecule has 1 aliphatic rings. The van der Waals surface area contributed by atoms with Crippen LogP contribution < -0.4 is 5.32 Å². The molecule has 1 atom stereocenters. The number of rotatable bonds is 3. The van der Waals surface area contributed by atoms with E-state index in [2.05, 4.69) is 5.32 Å². The normalized spacial score (nSPS) is 19.1. The maximum atomic E-state index is 12.1. The summed E-state index contributed by atoms with van der Waals surface area (Å²) in [7, 11) is 0. The van der Waals surface area contributed by atoms with E-state index >= 15 is 0 Å². The van der Waals surface area contributed by atoms with Crippen LogP contribution in [0.2, 0.25) is 0 Å². The van der Waals surface area contributed by atoms with Crippen LogP contribution in [0.5, 0.6) is 0 Å². The number of ketones is 1. The third-order valence-corrected chi connectivity index (χ3v) is 3.75. The van der Waals surface area contributed by atoms with Gasteiger partial charge in [0.25, 0.3) is 17.4 Å². The highest BCUT2D eigenvalue weighted by molar-refractivity contribution is 6.46. The molecule has 2 aromatic carbocycles. The van der Waals surface area contributed by atoms with Gasteiger partial charge in [-0.25, -0.2) is 0 Å². The highest BCUT2D eigenvalue weighted by Gasteiger charge is 2.39. The lowest BCUT2D eigenvalue weighted by molar-refractivity contribution is -0.384. The average molecular weight is 324 g/mol. The fourth-order valence-corrected chi connectivity index (χ4v) is 2.56. The molecule has 24 heavy (non-hydrogen) atoms. The van der Waals surface area contributed by atoms with Gasteiger partial charge in [-0.05, 0) is 17.7 Å². The van der Waals surface area contributed by atoms with E-state index in [9.17, 15) is 24.8 Å². The van der Waals surface area contributed by atoms with Crippen molar-refractivity contribution in [1.82, 2.24) is 5.32 Å². The van der Waals surface area contributed by atoms with Gasteiger partial charge in [-0.3, -0.25) is 19.7 Å². The number of Topliss-reactive ketones (excluding diaryl/α,β-unsaturated/α-hetero) is 1. The molecule has 0 spiro atoms. The van der Waals surface area contributed by atoms with Crippen molar-refractivity contribution in [3.05, 3.63) is 81.4 Å². The number of carbonyl (C=O) groups excluding carboxylic acids is 2. The minimum absolute atomic E-state index is 0.0694. The lowest BCUT2D eigenvalue weighted by atomic mass is 9.96. The second kappa shape index (κ2) is 5.96. The van der Waals surface area contributed by atoms with Crippen LogP contribution in [0, 0.1) is 10.1 Å². The molecule has 1 saturated heterocycles. The fraction of sp³-hybridized carbons (Fsp3) is 0.0588. The van der Waals surface area contributed by atoms with E-state index in [4.69, 9.17) is 0 Å². The van der Waals surface area contributed by atoms with E-state index in [1.807, 2.05) is 0 Å². The van der Waals surface area contributed by atoms with Gasteiger partial charge in [-0.1, -0.05) is 30.3 Å². The molecular weight excluding hydrogens is 312 g/mol. The molecule has 1 heterocycles. The summed E-state index contributed by atoms with van der Waals surface area (Å²) in [5.41, 5.74) is 0.703. The Kier molecular flexibility index (Phi) is 3.83. The highest BCUT2D eigenvalue weighted by Crippen LogP contribution is 2.33. The summed E-state index contributed by atoms with van der Waals surface area (Å²) >= 11 is 0. The Morgan fingerprint density at radius 1 is 1.04 bits per heavy atom. The maximum absolute atomic E-state index is 12.1. The van der Waals surface area contributed by atoms with E-state index < -0.39 is 22.7 Å². The summed E-state index contributed by atoms with van der Waals surface area (Å²) in [5.74, 6) is -1.93. The van der Waals surface area contributed by atoms with Crippen LogP contribution in [-0.2, 0) is 9.59 Å². The van der Waals surface area contributed by atoms with Crippen LogP contribution >= 0.6 is 0 Å². The Bertz CT molecular complexity index is 856. The lowest BCUT2D eigenvalue weighted by Crippen LogP contribution is -2.21. The maximum Gasteiger partial charge on any atom is 0.293 e. The zero-order valence-corrected chi connectivity index (χ0v) is 12.3. The Balaban J connectivity index is 2.07. The molecule has 0 radical (unpaired) electrons. The van der Waals surface area contributed by atoms with E-state index in [-0.39, 0.29) is 17.0 Å². The van der Waals surface area contributed by atoms with E-state index in [1.54, 1.807) is 30.3 Å². The number of nitrogens with zero attached hydrogens (tertiary/aromatic N) is 1. The van der Waals surface area contributed by atoms with Crippen LogP contribution in [-0.4, -0.2) is 21.7 Å². The number of nitrogens with one attached hydrogen (secondary N) is 1. The molecule has 1 aliphatic heterocycles. The van der Waals surface area contributed by atoms with Crippen molar-refractivity contribution in [2.24, 2.45) is 0 Å². The Morgan fingerprint density at radius 3 is 2.25 bits per heavy atom. The third-order valence-electron chi connectivity index (χ3n) is 3.75. The molecule has 1 fully saturated rings. The second-order valence-electron chi connectivity index (χ2n) is 5.21. The number of benzene rings is 2. The van der Waals surface area contributed by atoms with Crippen LogP contribution in [0.15, 0.2) is 60.2 Å². The molecule has 2 aromatic rings. The van der Waals surface area contributed by atoms with Gasteiger partial charge in [0.05, 0.1) is 16.5 Å². The summed E-state index contributed by atoms with van der Waals surface area (Å²) < 4.78 is 0. The topological polar surface area (TPSA) is 110 Å². The van der Waals surface area contributed by atoms with Gasteiger partial charge in [0.1, 0.15) is 5.76 Å². The smallest absolute Gasteiger partial charge is 0.293 e. The first kappa shape index (κ1) is 15.4. The van der Waals surface area contributed by atoms with Gasteiger partial charge < -0.3 is 10.4 Å². The lowest BCUT2D eigenvalue weighted by Gasteiger charge is -2.13. The molecule has 0 bridgehead atoms. The summed E-state index contributed by atoms with van der Waals surface area (Å²) in [5, 5.41) is 23.7. The number of hydrogen-bond donors (Lipinski definition) is 2. The van der Waals surface area contributed by atoms with Crippen LogP contribution in [0.3, 0.4) is 0 Å². The standard InChI is InChI=1S/C17H12N2O5/c20-15(11-4-2-1-3-5-11)13-14(18-17(22)16(13)21)10-6-8-12(9-7-10)19(23)24/h1-9,14,20H,(H,18,22)/b15-13-. The number of nitro groups is 1. The molecule has 0 aromatic heterocycles. The molecule has 7 nitrogen and oxygen atoms in total. The molecule has 3 rings (SSSR count). The molecule has 0 aliphatic carbocycles. The molecule has 120 valence electrons. The molecule has 1 unspecified atom stereocenters. The minimum Gasteiger partial charge on any atom is -0.507 e. The van der Waals surface area contributed by atoms with Crippen molar-refractivity contribution in [1.29, 1.82) is 0 Å². The van der Waals surface area contributed by atoms with Gasteiger partial charge in [0.15, 0.2) is 0 Å². The first-order valence-corrected chi connectivity index (χ1v) is 7.07. The number of non-ortho nitro benzene ring substituents is 1. The summed E-state index contributed by atoms with van der Waals surface area (Å²) in [4.78, 5) is 34.1. The van der Waals surface area contributed by atoms with Crippen LogP contribution in [0.1, 0.15) is 17.2 Å². The Morgan fingerprint density at radius 2 is 1.67 bits per heavy atom. The van der Waals surface area contributed by atoms with Crippen molar-refractivity contribution in [3.63, 3.8) is 0 Å². The predicted molar refractivity (Wildman–Crippen MR) is 85.0 cm³/mol. The summed E-state index contributed by atoms with van der Waals surface area (Å²) in [6.07, 6.45) is 0. The SMILES string of the molecule is O=C1NC(c2ccc([N+](=O)[O-])cc2)/C(=C(/O)c2ccccc2)C1=O. The predicted octanol–water partition coefficient (Wildman–Crippen LogP) is 2.30. The first-order valence-electron chi connectivity index (χ1n) is 7.07. The second-order valence-corrected chi connectivity index (χ2v) is 5.21. The third kappa shape index (κ3) is 2.63. The van der Waals surface area contributed by atoms with E-state index in [1.165, 1.54) is 24.3 Å². The van der Waals surface area contributed by atoms with Gasteiger partial charge in [-0.2, -0.15) is 0 Å². The van der Waals surface area contributed by atoms with Crippen LogP contribution in [0.4, 0.5) is 5.69 Å². The number of aliphatic hydroxyl groups excluding tert-OH is 1. The Hall–Kier alpha value is -3.48. The van der Waals surface area contributed by atoms with Gasteiger partial charge in [0, 0.05) is 17.7 Å². The quantitative estimate of drug-likeness (QED) is 0.296. The van der Waals surface area contributed by atoms with Gasteiger partial charge in [0.2, 0.25) is 0 Å². The van der Waals surface area contributed by atoms with Crippen LogP contribution in [0.25, 0.3) is 5.76 Å². The van der Waals surface area contributed by atoms with Crippen molar-refractivity contribution >= 4 is 23.1 Å². The zero-order valence-electron chi connectivity index (χ0n) is 12.3. The molecule has 1 amide bonds. The van der Waals surface area contributed by atoms with Gasteiger partial charge >= 0.3 is 0 Å². The number of aliphatic hydroxyl groups is 1. The number of carbonyl (C=O) groups is 2.